The quantitative estimate of drug-likeness (QED) is 0.872. The average Bonchev–Trinajstić information content (AvgIpc) is 2.42. The molecule has 0 heterocycles. The molecule has 0 unspecified atom stereocenters. The molecule has 0 amide bonds. The van der Waals surface area contributed by atoms with Crippen LogP contribution in [0.25, 0.3) is 0 Å². The van der Waals surface area contributed by atoms with Gasteiger partial charge in [-0.15, -0.1) is 0 Å². The summed E-state index contributed by atoms with van der Waals surface area (Å²) >= 11 is 5.88. The van der Waals surface area contributed by atoms with Gasteiger partial charge in [-0.2, -0.15) is 13.2 Å². The summed E-state index contributed by atoms with van der Waals surface area (Å²) in [6.45, 7) is 1.78. The van der Waals surface area contributed by atoms with Crippen LogP contribution in [0, 0.1) is 6.92 Å². The first-order valence-electron chi connectivity index (χ1n) is 6.15. The number of aryl methyl sites for hydroxylation is 1. The summed E-state index contributed by atoms with van der Waals surface area (Å²) in [6.07, 6.45) is -4.51. The second-order valence-corrected chi connectivity index (χ2v) is 4.95. The Morgan fingerprint density at radius 2 is 1.86 bits per heavy atom. The second-order valence-electron chi connectivity index (χ2n) is 4.55. The van der Waals surface area contributed by atoms with Gasteiger partial charge in [0.25, 0.3) is 0 Å². The van der Waals surface area contributed by atoms with Crippen molar-refractivity contribution in [3.05, 3.63) is 58.1 Å². The molecule has 2 N–H and O–H groups in total. The fourth-order valence-electron chi connectivity index (χ4n) is 1.82. The van der Waals surface area contributed by atoms with Gasteiger partial charge in [0.15, 0.2) is 0 Å². The minimum atomic E-state index is -4.51. The van der Waals surface area contributed by atoms with E-state index in [0.717, 1.165) is 11.6 Å². The van der Waals surface area contributed by atoms with E-state index in [9.17, 15) is 13.2 Å². The Bertz CT molecular complexity index is 656. The molecule has 0 aromatic heterocycles. The summed E-state index contributed by atoms with van der Waals surface area (Å²) in [4.78, 5) is 0. The van der Waals surface area contributed by atoms with Gasteiger partial charge in [-0.25, -0.2) is 0 Å². The number of nitrogens with two attached hydrogens (primary N) is 1. The lowest BCUT2D eigenvalue weighted by Gasteiger charge is -2.15. The summed E-state index contributed by atoms with van der Waals surface area (Å²) < 4.78 is 44.6. The highest BCUT2D eigenvalue weighted by molar-refractivity contribution is 6.31. The molecule has 0 saturated carbocycles. The number of rotatable bonds is 3. The normalized spacial score (nSPS) is 11.5. The molecule has 0 aliphatic carbocycles. The maximum atomic E-state index is 13.1. The number of ether oxygens (including phenoxy) is 1. The van der Waals surface area contributed by atoms with Crippen LogP contribution in [-0.4, -0.2) is 0 Å². The standard InChI is InChI=1S/C15H13ClF3NO/c1-9-6-11(3-4-13(9)16)21-14-5-2-10(8-20)7-12(14)15(17,18)19/h2-7H,8,20H2,1H3. The topological polar surface area (TPSA) is 35.2 Å². The molecular formula is C15H13ClF3NO. The molecule has 0 aliphatic rings. The molecule has 6 heteroatoms. The van der Waals surface area contributed by atoms with E-state index in [1.807, 2.05) is 0 Å². The highest BCUT2D eigenvalue weighted by Gasteiger charge is 2.34. The van der Waals surface area contributed by atoms with E-state index in [1.54, 1.807) is 19.1 Å². The summed E-state index contributed by atoms with van der Waals surface area (Å²) in [5.41, 5.74) is 5.64. The van der Waals surface area contributed by atoms with Crippen LogP contribution < -0.4 is 10.5 Å². The fraction of sp³-hybridized carbons (Fsp3) is 0.200. The van der Waals surface area contributed by atoms with Crippen molar-refractivity contribution in [2.45, 2.75) is 19.6 Å². The van der Waals surface area contributed by atoms with Gasteiger partial charge in [0.1, 0.15) is 11.5 Å². The summed E-state index contributed by atoms with van der Waals surface area (Å²) in [5, 5.41) is 0.525. The highest BCUT2D eigenvalue weighted by Crippen LogP contribution is 2.39. The van der Waals surface area contributed by atoms with Gasteiger partial charge >= 0.3 is 6.18 Å². The van der Waals surface area contributed by atoms with Crippen LogP contribution in [0.5, 0.6) is 11.5 Å². The number of benzene rings is 2. The monoisotopic (exact) mass is 315 g/mol. The van der Waals surface area contributed by atoms with Crippen molar-refractivity contribution in [3.8, 4) is 11.5 Å². The van der Waals surface area contributed by atoms with E-state index in [0.29, 0.717) is 16.3 Å². The van der Waals surface area contributed by atoms with Gasteiger partial charge in [-0.05, 0) is 48.4 Å². The van der Waals surface area contributed by atoms with E-state index in [2.05, 4.69) is 0 Å². The van der Waals surface area contributed by atoms with Crippen LogP contribution in [-0.2, 0) is 12.7 Å². The molecule has 2 rings (SSSR count). The van der Waals surface area contributed by atoms with Crippen LogP contribution in [0.4, 0.5) is 13.2 Å². The fourth-order valence-corrected chi connectivity index (χ4v) is 1.94. The molecule has 0 aliphatic heterocycles. The predicted molar refractivity (Wildman–Crippen MR) is 75.6 cm³/mol. The zero-order chi connectivity index (χ0) is 15.6. The Balaban J connectivity index is 2.41. The molecule has 0 atom stereocenters. The molecule has 0 saturated heterocycles. The molecule has 2 nitrogen and oxygen atoms in total. The van der Waals surface area contributed by atoms with Crippen LogP contribution in [0.3, 0.4) is 0 Å². The lowest BCUT2D eigenvalue weighted by atomic mass is 10.1. The number of alkyl halides is 3. The highest BCUT2D eigenvalue weighted by atomic mass is 35.5. The van der Waals surface area contributed by atoms with Crippen molar-refractivity contribution >= 4 is 11.6 Å². The lowest BCUT2D eigenvalue weighted by molar-refractivity contribution is -0.138. The zero-order valence-electron chi connectivity index (χ0n) is 11.2. The van der Waals surface area contributed by atoms with E-state index in [4.69, 9.17) is 22.1 Å². The summed E-state index contributed by atoms with van der Waals surface area (Å²) in [6, 6.07) is 8.46. The minimum absolute atomic E-state index is 0.0312. The Kier molecular flexibility index (Phi) is 4.44. The number of halogens is 4. The first-order chi connectivity index (χ1) is 9.81. The van der Waals surface area contributed by atoms with E-state index in [-0.39, 0.29) is 12.3 Å². The first kappa shape index (κ1) is 15.7. The second kappa shape index (κ2) is 5.95. The van der Waals surface area contributed by atoms with E-state index < -0.39 is 11.7 Å². The third-order valence-electron chi connectivity index (χ3n) is 2.94. The minimum Gasteiger partial charge on any atom is -0.457 e. The SMILES string of the molecule is Cc1cc(Oc2ccc(CN)cc2C(F)(F)F)ccc1Cl. The zero-order valence-corrected chi connectivity index (χ0v) is 11.9. The molecule has 0 fully saturated rings. The molecule has 2 aromatic carbocycles. The van der Waals surface area contributed by atoms with E-state index in [1.165, 1.54) is 18.2 Å². The largest absolute Gasteiger partial charge is 0.457 e. The van der Waals surface area contributed by atoms with Crippen molar-refractivity contribution in [3.63, 3.8) is 0 Å². The van der Waals surface area contributed by atoms with Crippen LogP contribution in [0.2, 0.25) is 5.02 Å². The Morgan fingerprint density at radius 3 is 2.43 bits per heavy atom. The predicted octanol–water partition coefficient (Wildman–Crippen LogP) is 4.92. The Labute approximate surface area is 125 Å². The third-order valence-corrected chi connectivity index (χ3v) is 3.37. The van der Waals surface area contributed by atoms with Crippen LogP contribution in [0.15, 0.2) is 36.4 Å². The van der Waals surface area contributed by atoms with Crippen LogP contribution in [0.1, 0.15) is 16.7 Å². The van der Waals surface area contributed by atoms with Crippen molar-refractivity contribution in [2.24, 2.45) is 5.73 Å². The van der Waals surface area contributed by atoms with Crippen LogP contribution >= 0.6 is 11.6 Å². The van der Waals surface area contributed by atoms with Gasteiger partial charge < -0.3 is 10.5 Å². The van der Waals surface area contributed by atoms with E-state index >= 15 is 0 Å². The van der Waals surface area contributed by atoms with Crippen molar-refractivity contribution in [1.82, 2.24) is 0 Å². The molecule has 112 valence electrons. The van der Waals surface area contributed by atoms with Gasteiger partial charge in [0, 0.05) is 11.6 Å². The molecule has 2 aromatic rings. The summed E-state index contributed by atoms with van der Waals surface area (Å²) in [5.74, 6) is 0.0318. The van der Waals surface area contributed by atoms with Crippen molar-refractivity contribution in [1.29, 1.82) is 0 Å². The number of hydrogen-bond donors (Lipinski definition) is 1. The first-order valence-corrected chi connectivity index (χ1v) is 6.53. The average molecular weight is 316 g/mol. The Morgan fingerprint density at radius 1 is 1.14 bits per heavy atom. The molecule has 21 heavy (non-hydrogen) atoms. The molecule has 0 bridgehead atoms. The summed E-state index contributed by atoms with van der Waals surface area (Å²) in [7, 11) is 0. The Hall–Kier alpha value is -1.72. The molecule has 0 spiro atoms. The maximum absolute atomic E-state index is 13.1. The smallest absolute Gasteiger partial charge is 0.419 e. The lowest BCUT2D eigenvalue weighted by Crippen LogP contribution is -2.09. The third kappa shape index (κ3) is 3.68. The van der Waals surface area contributed by atoms with Crippen molar-refractivity contribution < 1.29 is 17.9 Å². The van der Waals surface area contributed by atoms with Crippen molar-refractivity contribution in [2.75, 3.05) is 0 Å². The maximum Gasteiger partial charge on any atom is 0.419 e. The van der Waals surface area contributed by atoms with Gasteiger partial charge in [0.2, 0.25) is 0 Å². The molecule has 0 radical (unpaired) electrons. The van der Waals surface area contributed by atoms with Gasteiger partial charge in [-0.1, -0.05) is 17.7 Å². The van der Waals surface area contributed by atoms with Gasteiger partial charge in [0.05, 0.1) is 5.56 Å². The van der Waals surface area contributed by atoms with Gasteiger partial charge in [-0.3, -0.25) is 0 Å². The molecular weight excluding hydrogens is 303 g/mol. The number of hydrogen-bond acceptors (Lipinski definition) is 2.